The Hall–Kier alpha value is -2.43. The van der Waals surface area contributed by atoms with E-state index in [1.807, 2.05) is 39.0 Å². The van der Waals surface area contributed by atoms with Crippen molar-refractivity contribution >= 4 is 17.4 Å². The molecule has 5 heteroatoms. The van der Waals surface area contributed by atoms with Gasteiger partial charge in [-0.05, 0) is 50.8 Å². The lowest BCUT2D eigenvalue weighted by molar-refractivity contribution is 0.102. The zero-order valence-corrected chi connectivity index (χ0v) is 15.2. The number of hydrogen-bond donors (Lipinski definition) is 2. The Kier molecular flexibility index (Phi) is 5.31. The normalized spacial score (nSPS) is 15.0. The number of nitrogens with zero attached hydrogens (tertiary/aromatic N) is 2. The highest BCUT2D eigenvalue weighted by Gasteiger charge is 2.16. The Labute approximate surface area is 149 Å². The maximum atomic E-state index is 12.6. The summed E-state index contributed by atoms with van der Waals surface area (Å²) < 4.78 is 0. The van der Waals surface area contributed by atoms with E-state index in [-0.39, 0.29) is 5.91 Å². The summed E-state index contributed by atoms with van der Waals surface area (Å²) in [4.78, 5) is 21.4. The van der Waals surface area contributed by atoms with E-state index in [0.29, 0.717) is 17.6 Å². The molecule has 0 spiro atoms. The number of nitrogens with one attached hydrogen (secondary N) is 2. The van der Waals surface area contributed by atoms with Crippen LogP contribution in [0.5, 0.6) is 0 Å². The molecule has 1 amide bonds. The average molecular weight is 338 g/mol. The molecule has 0 saturated heterocycles. The minimum atomic E-state index is -0.203. The molecular weight excluding hydrogens is 312 g/mol. The maximum Gasteiger partial charge on any atom is 0.274 e. The summed E-state index contributed by atoms with van der Waals surface area (Å²) in [7, 11) is 0. The highest BCUT2D eigenvalue weighted by molar-refractivity contribution is 6.03. The fraction of sp³-hybridized carbons (Fsp3) is 0.450. The number of rotatable bonds is 4. The number of anilines is 2. The van der Waals surface area contributed by atoms with Crippen molar-refractivity contribution in [3.05, 3.63) is 46.9 Å². The highest BCUT2D eigenvalue weighted by atomic mass is 16.1. The van der Waals surface area contributed by atoms with Gasteiger partial charge in [0.25, 0.3) is 5.91 Å². The Morgan fingerprint density at radius 2 is 1.84 bits per heavy atom. The van der Waals surface area contributed by atoms with Crippen LogP contribution < -0.4 is 10.6 Å². The van der Waals surface area contributed by atoms with Crippen molar-refractivity contribution in [1.29, 1.82) is 0 Å². The SMILES string of the molecule is Cc1nc(NC2CCCCC2)cc(C(=O)Nc2cccc(C)c2C)n1. The molecule has 132 valence electrons. The van der Waals surface area contributed by atoms with Crippen LogP contribution in [-0.4, -0.2) is 21.9 Å². The predicted octanol–water partition coefficient (Wildman–Crippen LogP) is 4.40. The van der Waals surface area contributed by atoms with E-state index in [2.05, 4.69) is 20.6 Å². The van der Waals surface area contributed by atoms with Crippen LogP contribution in [0.25, 0.3) is 0 Å². The van der Waals surface area contributed by atoms with Gasteiger partial charge in [-0.25, -0.2) is 9.97 Å². The summed E-state index contributed by atoms with van der Waals surface area (Å²) in [5, 5.41) is 6.44. The topological polar surface area (TPSA) is 66.9 Å². The van der Waals surface area contributed by atoms with Crippen molar-refractivity contribution in [2.75, 3.05) is 10.6 Å². The molecule has 25 heavy (non-hydrogen) atoms. The van der Waals surface area contributed by atoms with Gasteiger partial charge in [0.2, 0.25) is 0 Å². The van der Waals surface area contributed by atoms with Gasteiger partial charge < -0.3 is 10.6 Å². The fourth-order valence-corrected chi connectivity index (χ4v) is 3.29. The molecule has 1 aliphatic rings. The molecule has 3 rings (SSSR count). The number of carbonyl (C=O) groups is 1. The molecule has 0 aliphatic heterocycles. The molecule has 0 bridgehead atoms. The molecule has 1 heterocycles. The quantitative estimate of drug-likeness (QED) is 0.867. The number of amides is 1. The van der Waals surface area contributed by atoms with E-state index in [4.69, 9.17) is 0 Å². The number of hydrogen-bond acceptors (Lipinski definition) is 4. The number of aromatic nitrogens is 2. The van der Waals surface area contributed by atoms with Crippen molar-refractivity contribution < 1.29 is 4.79 Å². The molecular formula is C20H26N4O. The van der Waals surface area contributed by atoms with Gasteiger partial charge in [-0.15, -0.1) is 0 Å². The fourth-order valence-electron chi connectivity index (χ4n) is 3.29. The first kappa shape index (κ1) is 17.4. The van der Waals surface area contributed by atoms with Crippen LogP contribution in [0, 0.1) is 20.8 Å². The molecule has 1 aliphatic carbocycles. The van der Waals surface area contributed by atoms with Crippen LogP contribution in [0.1, 0.15) is 59.5 Å². The van der Waals surface area contributed by atoms with Gasteiger partial charge in [-0.1, -0.05) is 31.4 Å². The van der Waals surface area contributed by atoms with Crippen LogP contribution in [0.3, 0.4) is 0 Å². The van der Waals surface area contributed by atoms with Crippen LogP contribution >= 0.6 is 0 Å². The van der Waals surface area contributed by atoms with Crippen molar-refractivity contribution in [2.24, 2.45) is 0 Å². The van der Waals surface area contributed by atoms with Crippen molar-refractivity contribution in [3.8, 4) is 0 Å². The van der Waals surface area contributed by atoms with Crippen LogP contribution in [0.15, 0.2) is 24.3 Å². The number of benzene rings is 1. The Balaban J connectivity index is 1.76. The zero-order valence-electron chi connectivity index (χ0n) is 15.2. The number of aryl methyl sites for hydroxylation is 2. The van der Waals surface area contributed by atoms with E-state index >= 15 is 0 Å². The third-order valence-electron chi connectivity index (χ3n) is 4.88. The smallest absolute Gasteiger partial charge is 0.274 e. The molecule has 0 atom stereocenters. The highest BCUT2D eigenvalue weighted by Crippen LogP contribution is 2.22. The Bertz CT molecular complexity index is 766. The first-order chi connectivity index (χ1) is 12.0. The summed E-state index contributed by atoms with van der Waals surface area (Å²) in [5.74, 6) is 1.14. The van der Waals surface area contributed by atoms with Crippen molar-refractivity contribution in [2.45, 2.75) is 58.9 Å². The Morgan fingerprint density at radius 3 is 2.60 bits per heavy atom. The second-order valence-electron chi connectivity index (χ2n) is 6.87. The van der Waals surface area contributed by atoms with Crippen molar-refractivity contribution in [1.82, 2.24) is 9.97 Å². The summed E-state index contributed by atoms with van der Waals surface area (Å²) in [6, 6.07) is 8.08. The van der Waals surface area contributed by atoms with E-state index in [1.165, 1.54) is 19.3 Å². The molecule has 1 aromatic heterocycles. The van der Waals surface area contributed by atoms with Crippen molar-refractivity contribution in [3.63, 3.8) is 0 Å². The first-order valence-corrected chi connectivity index (χ1v) is 9.03. The number of carbonyl (C=O) groups excluding carboxylic acids is 1. The summed E-state index contributed by atoms with van der Waals surface area (Å²) in [6.45, 7) is 5.86. The monoisotopic (exact) mass is 338 g/mol. The van der Waals surface area contributed by atoms with E-state index in [9.17, 15) is 4.79 Å². The Morgan fingerprint density at radius 1 is 1.08 bits per heavy atom. The molecule has 0 unspecified atom stereocenters. The summed E-state index contributed by atoms with van der Waals surface area (Å²) in [5.41, 5.74) is 3.44. The molecule has 0 radical (unpaired) electrons. The minimum Gasteiger partial charge on any atom is -0.367 e. The second kappa shape index (κ2) is 7.64. The lowest BCUT2D eigenvalue weighted by atomic mass is 9.95. The molecule has 1 saturated carbocycles. The van der Waals surface area contributed by atoms with Gasteiger partial charge in [0.1, 0.15) is 17.3 Å². The molecule has 1 fully saturated rings. The van der Waals surface area contributed by atoms with E-state index in [1.54, 1.807) is 6.07 Å². The standard InChI is InChI=1S/C20H26N4O/c1-13-8-7-11-17(14(13)2)24-20(25)18-12-19(22-15(3)21-18)23-16-9-5-4-6-10-16/h7-8,11-12,16H,4-6,9-10H2,1-3H3,(H,24,25)(H,21,22,23). The lowest BCUT2D eigenvalue weighted by Crippen LogP contribution is -2.24. The van der Waals surface area contributed by atoms with Gasteiger partial charge >= 0.3 is 0 Å². The van der Waals surface area contributed by atoms with Crippen LogP contribution in [0.2, 0.25) is 0 Å². The van der Waals surface area contributed by atoms with Crippen LogP contribution in [0.4, 0.5) is 11.5 Å². The van der Waals surface area contributed by atoms with Gasteiger partial charge in [-0.2, -0.15) is 0 Å². The molecule has 2 aromatic rings. The van der Waals surface area contributed by atoms with E-state index in [0.717, 1.165) is 35.5 Å². The van der Waals surface area contributed by atoms with Gasteiger partial charge in [0.05, 0.1) is 0 Å². The van der Waals surface area contributed by atoms with E-state index < -0.39 is 0 Å². The molecule has 1 aromatic carbocycles. The average Bonchev–Trinajstić information content (AvgIpc) is 2.59. The van der Waals surface area contributed by atoms with Gasteiger partial charge in [0, 0.05) is 17.8 Å². The zero-order chi connectivity index (χ0) is 17.8. The second-order valence-corrected chi connectivity index (χ2v) is 6.87. The first-order valence-electron chi connectivity index (χ1n) is 9.03. The third-order valence-corrected chi connectivity index (χ3v) is 4.88. The van der Waals surface area contributed by atoms with Crippen LogP contribution in [-0.2, 0) is 0 Å². The predicted molar refractivity (Wildman–Crippen MR) is 101 cm³/mol. The minimum absolute atomic E-state index is 0.203. The third kappa shape index (κ3) is 4.35. The molecule has 2 N–H and O–H groups in total. The summed E-state index contributed by atoms with van der Waals surface area (Å²) in [6.07, 6.45) is 6.13. The van der Waals surface area contributed by atoms with Gasteiger partial charge in [-0.3, -0.25) is 4.79 Å². The summed E-state index contributed by atoms with van der Waals surface area (Å²) >= 11 is 0. The largest absolute Gasteiger partial charge is 0.367 e. The maximum absolute atomic E-state index is 12.6. The molecule has 5 nitrogen and oxygen atoms in total. The van der Waals surface area contributed by atoms with Gasteiger partial charge in [0.15, 0.2) is 0 Å². The lowest BCUT2D eigenvalue weighted by Gasteiger charge is -2.23.